The van der Waals surface area contributed by atoms with E-state index < -0.39 is 16.0 Å². The molecule has 1 aliphatic heterocycles. The summed E-state index contributed by atoms with van der Waals surface area (Å²) in [5, 5.41) is 2.82. The summed E-state index contributed by atoms with van der Waals surface area (Å²) in [5.41, 5.74) is 2.73. The van der Waals surface area contributed by atoms with Crippen molar-refractivity contribution in [2.45, 2.75) is 50.8 Å². The molecule has 2 aromatic carbocycles. The third-order valence-corrected chi connectivity index (χ3v) is 7.00. The Balaban J connectivity index is 1.32. The van der Waals surface area contributed by atoms with E-state index in [1.807, 2.05) is 32.0 Å². The minimum absolute atomic E-state index is 0.111. The summed E-state index contributed by atoms with van der Waals surface area (Å²) < 4.78 is 43.4. The first-order valence-corrected chi connectivity index (χ1v) is 13.2. The molecule has 0 bridgehead atoms. The van der Waals surface area contributed by atoms with Crippen molar-refractivity contribution in [3.63, 3.8) is 0 Å². The summed E-state index contributed by atoms with van der Waals surface area (Å²) in [4.78, 5) is 24.2. The van der Waals surface area contributed by atoms with Crippen LogP contribution in [0.5, 0.6) is 11.5 Å². The van der Waals surface area contributed by atoms with Gasteiger partial charge in [-0.25, -0.2) is 13.1 Å². The summed E-state index contributed by atoms with van der Waals surface area (Å²) in [6, 6.07) is 10.3. The monoisotopic (exact) mass is 504 g/mol. The van der Waals surface area contributed by atoms with Crippen molar-refractivity contribution in [3.05, 3.63) is 47.5 Å². The number of benzene rings is 2. The number of rotatable bonds is 12. The molecule has 0 radical (unpaired) electrons. The van der Waals surface area contributed by atoms with Crippen LogP contribution in [0.4, 0.5) is 5.69 Å². The highest BCUT2D eigenvalue weighted by Crippen LogP contribution is 2.32. The summed E-state index contributed by atoms with van der Waals surface area (Å²) >= 11 is 0. The molecule has 10 heteroatoms. The van der Waals surface area contributed by atoms with Crippen molar-refractivity contribution in [2.24, 2.45) is 0 Å². The molecule has 1 aliphatic rings. The van der Waals surface area contributed by atoms with Crippen molar-refractivity contribution >= 4 is 27.6 Å². The van der Waals surface area contributed by atoms with Crippen LogP contribution < -0.4 is 19.5 Å². The third-order valence-electron chi connectivity index (χ3n) is 5.54. The molecule has 2 aromatic rings. The zero-order valence-electron chi connectivity index (χ0n) is 20.1. The number of anilines is 1. The Labute approximate surface area is 206 Å². The van der Waals surface area contributed by atoms with Gasteiger partial charge in [-0.3, -0.25) is 9.59 Å². The van der Waals surface area contributed by atoms with E-state index >= 15 is 0 Å². The molecule has 9 nitrogen and oxygen atoms in total. The molecule has 190 valence electrons. The summed E-state index contributed by atoms with van der Waals surface area (Å²) in [6.45, 7) is 4.63. The van der Waals surface area contributed by atoms with Crippen molar-refractivity contribution in [1.29, 1.82) is 0 Å². The van der Waals surface area contributed by atoms with E-state index in [1.54, 1.807) is 6.07 Å². The highest BCUT2D eigenvalue weighted by molar-refractivity contribution is 7.89. The number of sulfonamides is 1. The number of ether oxygens (including phenoxy) is 3. The largest absolute Gasteiger partial charge is 0.486 e. The summed E-state index contributed by atoms with van der Waals surface area (Å²) in [6.07, 6.45) is 2.67. The lowest BCUT2D eigenvalue weighted by atomic mass is 10.1. The van der Waals surface area contributed by atoms with Crippen LogP contribution in [0.3, 0.4) is 0 Å². The lowest BCUT2D eigenvalue weighted by Crippen LogP contribution is -2.25. The Morgan fingerprint density at radius 3 is 2.57 bits per heavy atom. The number of aryl methyl sites for hydroxylation is 2. The number of esters is 1. The SMILES string of the molecule is CCc1cccc(C)c1NC(=O)COC(=O)CCCCCNS(=O)(=O)c1ccc2c(c1)OCCO2. The Kier molecular flexibility index (Phi) is 9.50. The van der Waals surface area contributed by atoms with Gasteiger partial charge in [0.05, 0.1) is 4.90 Å². The minimum Gasteiger partial charge on any atom is -0.486 e. The Hall–Kier alpha value is -3.11. The van der Waals surface area contributed by atoms with Gasteiger partial charge in [0.25, 0.3) is 5.91 Å². The van der Waals surface area contributed by atoms with Crippen LogP contribution >= 0.6 is 0 Å². The van der Waals surface area contributed by atoms with E-state index in [-0.39, 0.29) is 30.4 Å². The second kappa shape index (κ2) is 12.6. The average Bonchev–Trinajstić information content (AvgIpc) is 2.85. The zero-order chi connectivity index (χ0) is 25.3. The lowest BCUT2D eigenvalue weighted by molar-refractivity contribution is -0.147. The van der Waals surface area contributed by atoms with Gasteiger partial charge in [0.15, 0.2) is 18.1 Å². The van der Waals surface area contributed by atoms with Crippen molar-refractivity contribution in [1.82, 2.24) is 4.72 Å². The molecule has 0 saturated carbocycles. The van der Waals surface area contributed by atoms with Gasteiger partial charge >= 0.3 is 5.97 Å². The third kappa shape index (κ3) is 7.69. The maximum Gasteiger partial charge on any atom is 0.306 e. The molecule has 0 aliphatic carbocycles. The molecule has 0 unspecified atom stereocenters. The van der Waals surface area contributed by atoms with E-state index in [2.05, 4.69) is 10.0 Å². The minimum atomic E-state index is -3.67. The molecule has 35 heavy (non-hydrogen) atoms. The van der Waals surface area contributed by atoms with Gasteiger partial charge in [0.1, 0.15) is 13.2 Å². The molecular weight excluding hydrogens is 472 g/mol. The van der Waals surface area contributed by atoms with Crippen LogP contribution in [-0.2, 0) is 30.8 Å². The van der Waals surface area contributed by atoms with E-state index in [0.717, 1.165) is 23.2 Å². The lowest BCUT2D eigenvalue weighted by Gasteiger charge is -2.18. The second-order valence-electron chi connectivity index (χ2n) is 8.19. The molecule has 1 heterocycles. The molecule has 0 spiro atoms. The number of amides is 1. The molecule has 2 N–H and O–H groups in total. The predicted molar refractivity (Wildman–Crippen MR) is 131 cm³/mol. The highest BCUT2D eigenvalue weighted by atomic mass is 32.2. The molecule has 3 rings (SSSR count). The number of unbranched alkanes of at least 4 members (excludes halogenated alkanes) is 2. The van der Waals surface area contributed by atoms with Crippen LogP contribution in [0, 0.1) is 6.92 Å². The average molecular weight is 505 g/mol. The van der Waals surface area contributed by atoms with Gasteiger partial charge in [-0.05, 0) is 49.4 Å². The predicted octanol–water partition coefficient (Wildman–Crippen LogP) is 3.35. The number of para-hydroxylation sites is 1. The maximum atomic E-state index is 12.5. The standard InChI is InChI=1S/C25H32N2O7S/c1-3-19-9-7-8-18(2)25(19)27-23(28)17-34-24(29)10-5-4-6-13-26-35(30,31)20-11-12-21-22(16-20)33-15-14-32-21/h7-9,11-12,16,26H,3-6,10,13-15,17H2,1-2H3,(H,27,28). The highest BCUT2D eigenvalue weighted by Gasteiger charge is 2.19. The van der Waals surface area contributed by atoms with Crippen LogP contribution in [0.2, 0.25) is 0 Å². The van der Waals surface area contributed by atoms with Crippen molar-refractivity contribution in [3.8, 4) is 11.5 Å². The smallest absolute Gasteiger partial charge is 0.306 e. The van der Waals surface area contributed by atoms with Gasteiger partial charge in [-0.2, -0.15) is 0 Å². The van der Waals surface area contributed by atoms with E-state index in [4.69, 9.17) is 14.2 Å². The fourth-order valence-electron chi connectivity index (χ4n) is 3.65. The number of carbonyl (C=O) groups is 2. The Morgan fingerprint density at radius 1 is 1.03 bits per heavy atom. The molecule has 1 amide bonds. The van der Waals surface area contributed by atoms with Crippen molar-refractivity contribution < 1.29 is 32.2 Å². The number of fused-ring (bicyclic) bond motifs is 1. The first kappa shape index (κ1) is 26.5. The van der Waals surface area contributed by atoms with Crippen LogP contribution in [0.15, 0.2) is 41.3 Å². The number of carbonyl (C=O) groups excluding carboxylic acids is 2. The summed E-state index contributed by atoms with van der Waals surface area (Å²) in [7, 11) is -3.67. The van der Waals surface area contributed by atoms with E-state index in [9.17, 15) is 18.0 Å². The van der Waals surface area contributed by atoms with Crippen molar-refractivity contribution in [2.75, 3.05) is 31.7 Å². The fourth-order valence-corrected chi connectivity index (χ4v) is 4.74. The van der Waals surface area contributed by atoms with Crippen LogP contribution in [-0.4, -0.2) is 46.7 Å². The second-order valence-corrected chi connectivity index (χ2v) is 9.95. The Bertz CT molecular complexity index is 1150. The molecule has 0 saturated heterocycles. The normalized spacial score (nSPS) is 12.7. The van der Waals surface area contributed by atoms with Gasteiger partial charge in [-0.15, -0.1) is 0 Å². The number of nitrogens with one attached hydrogen (secondary N) is 2. The molecule has 0 atom stereocenters. The molecule has 0 fully saturated rings. The van der Waals surface area contributed by atoms with Gasteiger partial charge in [-0.1, -0.05) is 31.5 Å². The van der Waals surface area contributed by atoms with Crippen LogP contribution in [0.25, 0.3) is 0 Å². The molecular formula is C25H32N2O7S. The first-order valence-electron chi connectivity index (χ1n) is 11.7. The maximum absolute atomic E-state index is 12.5. The number of hydrogen-bond acceptors (Lipinski definition) is 7. The summed E-state index contributed by atoms with van der Waals surface area (Å²) in [5.74, 6) is 0.102. The zero-order valence-corrected chi connectivity index (χ0v) is 20.9. The van der Waals surface area contributed by atoms with Gasteiger partial charge in [0, 0.05) is 24.7 Å². The topological polar surface area (TPSA) is 120 Å². The van der Waals surface area contributed by atoms with E-state index in [1.165, 1.54) is 12.1 Å². The fraction of sp³-hybridized carbons (Fsp3) is 0.440. The Morgan fingerprint density at radius 2 is 1.80 bits per heavy atom. The number of hydrogen-bond donors (Lipinski definition) is 2. The first-order chi connectivity index (χ1) is 16.8. The van der Waals surface area contributed by atoms with Gasteiger partial charge in [0.2, 0.25) is 10.0 Å². The van der Waals surface area contributed by atoms with Gasteiger partial charge < -0.3 is 19.5 Å². The van der Waals surface area contributed by atoms with Crippen LogP contribution in [0.1, 0.15) is 43.7 Å². The van der Waals surface area contributed by atoms with E-state index in [0.29, 0.717) is 44.0 Å². The quantitative estimate of drug-likeness (QED) is 0.336. The molecule has 0 aromatic heterocycles.